The molecular weight excluding hydrogens is 244 g/mol. The van der Waals surface area contributed by atoms with Crippen LogP contribution in [0.2, 0.25) is 0 Å². The van der Waals surface area contributed by atoms with E-state index in [-0.39, 0.29) is 17.5 Å². The molecule has 0 saturated heterocycles. The Morgan fingerprint density at radius 2 is 1.94 bits per heavy atom. The van der Waals surface area contributed by atoms with Gasteiger partial charge in [-0.15, -0.1) is 0 Å². The average Bonchev–Trinajstić information content (AvgIpc) is 2.36. The Hall–Kier alpha value is -1.15. The molecule has 0 fully saturated rings. The number of nitrogens with one attached hydrogen (secondary N) is 1. The van der Waals surface area contributed by atoms with Crippen LogP contribution in [0, 0.1) is 0 Å². The van der Waals surface area contributed by atoms with Gasteiger partial charge in [-0.2, -0.15) is 0 Å². The molecule has 96 valence electrons. The monoisotopic (exact) mass is 260 g/mol. The molecule has 0 aliphatic heterocycles. The van der Waals surface area contributed by atoms with Crippen LogP contribution in [0.4, 0.5) is 0 Å². The molecule has 0 aliphatic carbocycles. The maximum absolute atomic E-state index is 11.8. The highest BCUT2D eigenvalue weighted by atomic mass is 32.2. The summed E-state index contributed by atoms with van der Waals surface area (Å²) < 4.78 is 30.9. The van der Waals surface area contributed by atoms with E-state index in [0.717, 1.165) is 0 Å². The first-order valence-electron chi connectivity index (χ1n) is 4.99. The van der Waals surface area contributed by atoms with Crippen molar-refractivity contribution < 1.29 is 18.0 Å². The lowest BCUT2D eigenvalue weighted by Crippen LogP contribution is -2.33. The van der Waals surface area contributed by atoms with Gasteiger partial charge < -0.3 is 9.57 Å². The first-order chi connectivity index (χ1) is 7.99. The van der Waals surface area contributed by atoms with Crippen molar-refractivity contribution in [1.29, 1.82) is 0 Å². The van der Waals surface area contributed by atoms with Crippen LogP contribution in [0.5, 0.6) is 5.75 Å². The van der Waals surface area contributed by atoms with Gasteiger partial charge in [0.25, 0.3) is 0 Å². The molecule has 0 bridgehead atoms. The molecule has 1 atom stereocenters. The van der Waals surface area contributed by atoms with E-state index in [1.807, 2.05) is 0 Å². The minimum atomic E-state index is -3.53. The number of methoxy groups -OCH3 is 1. The first-order valence-corrected chi connectivity index (χ1v) is 6.47. The van der Waals surface area contributed by atoms with Gasteiger partial charge in [-0.1, -0.05) is 0 Å². The fourth-order valence-corrected chi connectivity index (χ4v) is 2.23. The summed E-state index contributed by atoms with van der Waals surface area (Å²) in [5.74, 6) is 5.53. The molecule has 3 N–H and O–H groups in total. The lowest BCUT2D eigenvalue weighted by molar-refractivity contribution is 0.0702. The number of hydrogen-bond donors (Lipinski definition) is 2. The molecule has 0 radical (unpaired) electrons. The smallest absolute Gasteiger partial charge is 0.240 e. The molecule has 0 aliphatic rings. The zero-order chi connectivity index (χ0) is 12.9. The van der Waals surface area contributed by atoms with Crippen LogP contribution in [0.25, 0.3) is 0 Å². The topological polar surface area (TPSA) is 90.7 Å². The van der Waals surface area contributed by atoms with Gasteiger partial charge in [0.1, 0.15) is 5.75 Å². The molecule has 0 amide bonds. The van der Waals surface area contributed by atoms with Gasteiger partial charge >= 0.3 is 0 Å². The fraction of sp³-hybridized carbons (Fsp3) is 0.400. The number of rotatable bonds is 6. The highest BCUT2D eigenvalue weighted by Gasteiger charge is 2.14. The first kappa shape index (κ1) is 13.9. The summed E-state index contributed by atoms with van der Waals surface area (Å²) in [4.78, 5) is 4.64. The zero-order valence-electron chi connectivity index (χ0n) is 9.71. The third-order valence-corrected chi connectivity index (χ3v) is 3.60. The van der Waals surface area contributed by atoms with E-state index in [2.05, 4.69) is 9.56 Å². The Morgan fingerprint density at radius 1 is 1.35 bits per heavy atom. The predicted molar refractivity (Wildman–Crippen MR) is 62.9 cm³/mol. The Balaban J connectivity index is 2.75. The van der Waals surface area contributed by atoms with Gasteiger partial charge in [0.15, 0.2) is 0 Å². The van der Waals surface area contributed by atoms with Gasteiger partial charge in [-0.05, 0) is 31.2 Å². The van der Waals surface area contributed by atoms with Crippen molar-refractivity contribution in [2.75, 3.05) is 13.7 Å². The molecule has 1 rings (SSSR count). The number of ether oxygens (including phenoxy) is 1. The number of nitrogens with two attached hydrogens (primary N) is 1. The van der Waals surface area contributed by atoms with Gasteiger partial charge in [0.2, 0.25) is 10.0 Å². The van der Waals surface area contributed by atoms with Crippen molar-refractivity contribution in [2.45, 2.75) is 17.9 Å². The minimum Gasteiger partial charge on any atom is -0.497 e. The Kier molecular flexibility index (Phi) is 4.88. The third kappa shape index (κ3) is 3.97. The van der Waals surface area contributed by atoms with E-state index in [4.69, 9.17) is 10.6 Å². The molecule has 0 spiro atoms. The van der Waals surface area contributed by atoms with Crippen LogP contribution in [-0.4, -0.2) is 28.2 Å². The molecule has 1 unspecified atom stereocenters. The quantitative estimate of drug-likeness (QED) is 0.716. The number of hydrogen-bond acceptors (Lipinski definition) is 5. The van der Waals surface area contributed by atoms with E-state index >= 15 is 0 Å². The second-order valence-electron chi connectivity index (χ2n) is 3.47. The van der Waals surface area contributed by atoms with Crippen LogP contribution in [0.3, 0.4) is 0 Å². The molecule has 6 nitrogen and oxygen atoms in total. The SMILES string of the molecule is COc1ccc(S(=O)(=O)NCC(C)ON)cc1. The van der Waals surface area contributed by atoms with Crippen molar-refractivity contribution >= 4 is 10.0 Å². The van der Waals surface area contributed by atoms with Gasteiger partial charge in [0.05, 0.1) is 18.1 Å². The van der Waals surface area contributed by atoms with Crippen LogP contribution in [0.1, 0.15) is 6.92 Å². The molecule has 7 heteroatoms. The third-order valence-electron chi connectivity index (χ3n) is 2.16. The summed E-state index contributed by atoms with van der Waals surface area (Å²) in [5.41, 5.74) is 0. The molecule has 1 aromatic carbocycles. The summed E-state index contributed by atoms with van der Waals surface area (Å²) in [5, 5.41) is 0. The Labute approximate surface area is 101 Å². The van der Waals surface area contributed by atoms with Crippen molar-refractivity contribution in [3.05, 3.63) is 24.3 Å². The molecule has 17 heavy (non-hydrogen) atoms. The summed E-state index contributed by atoms with van der Waals surface area (Å²) in [7, 11) is -2.02. The van der Waals surface area contributed by atoms with Crippen molar-refractivity contribution in [3.63, 3.8) is 0 Å². The molecule has 0 aromatic heterocycles. The summed E-state index contributed by atoms with van der Waals surface area (Å²) in [6.45, 7) is 1.78. The second kappa shape index (κ2) is 5.97. The Bertz CT molecular complexity index is 444. The van der Waals surface area contributed by atoms with Gasteiger partial charge in [-0.25, -0.2) is 19.0 Å². The predicted octanol–water partition coefficient (Wildman–Crippen LogP) is 0.252. The van der Waals surface area contributed by atoms with E-state index in [1.54, 1.807) is 19.1 Å². The van der Waals surface area contributed by atoms with Gasteiger partial charge in [-0.3, -0.25) is 0 Å². The zero-order valence-corrected chi connectivity index (χ0v) is 10.5. The van der Waals surface area contributed by atoms with E-state index in [1.165, 1.54) is 19.2 Å². The molecule has 0 heterocycles. The summed E-state index contributed by atoms with van der Waals surface area (Å²) >= 11 is 0. The second-order valence-corrected chi connectivity index (χ2v) is 5.24. The highest BCUT2D eigenvalue weighted by Crippen LogP contribution is 2.15. The van der Waals surface area contributed by atoms with E-state index in [9.17, 15) is 8.42 Å². The van der Waals surface area contributed by atoms with Crippen molar-refractivity contribution in [1.82, 2.24) is 4.72 Å². The van der Waals surface area contributed by atoms with Gasteiger partial charge in [0, 0.05) is 6.54 Å². The maximum Gasteiger partial charge on any atom is 0.240 e. The van der Waals surface area contributed by atoms with Crippen LogP contribution >= 0.6 is 0 Å². The standard InChI is InChI=1S/C10H16N2O4S/c1-8(16-11)7-12-17(13,14)10-5-3-9(15-2)4-6-10/h3-6,8,12H,7,11H2,1-2H3. The van der Waals surface area contributed by atoms with E-state index in [0.29, 0.717) is 5.75 Å². The highest BCUT2D eigenvalue weighted by molar-refractivity contribution is 7.89. The molecule has 1 aromatic rings. The van der Waals surface area contributed by atoms with Crippen LogP contribution in [-0.2, 0) is 14.9 Å². The van der Waals surface area contributed by atoms with Crippen molar-refractivity contribution in [3.8, 4) is 5.75 Å². The average molecular weight is 260 g/mol. The number of sulfonamides is 1. The molecular formula is C10H16N2O4S. The molecule has 0 saturated carbocycles. The lowest BCUT2D eigenvalue weighted by atomic mass is 10.3. The fourth-order valence-electron chi connectivity index (χ4n) is 1.11. The van der Waals surface area contributed by atoms with E-state index < -0.39 is 10.0 Å². The minimum absolute atomic E-state index is 0.116. The normalized spacial score (nSPS) is 13.4. The van der Waals surface area contributed by atoms with Crippen LogP contribution < -0.4 is 15.4 Å². The largest absolute Gasteiger partial charge is 0.497 e. The van der Waals surface area contributed by atoms with Crippen LogP contribution in [0.15, 0.2) is 29.2 Å². The number of benzene rings is 1. The summed E-state index contributed by atoms with van der Waals surface area (Å²) in [6.07, 6.45) is -0.386. The maximum atomic E-state index is 11.8. The lowest BCUT2D eigenvalue weighted by Gasteiger charge is -2.11. The summed E-state index contributed by atoms with van der Waals surface area (Å²) in [6, 6.07) is 6.10. The van der Waals surface area contributed by atoms with Crippen molar-refractivity contribution in [2.24, 2.45) is 5.90 Å². The Morgan fingerprint density at radius 3 is 2.41 bits per heavy atom.